The molecule has 2 aromatic carbocycles. The minimum Gasteiger partial charge on any atom is -0.519 e. The molecule has 6 rings (SSSR count). The lowest BCUT2D eigenvalue weighted by Crippen LogP contribution is -2.32. The van der Waals surface area contributed by atoms with Crippen molar-refractivity contribution in [3.05, 3.63) is 94.2 Å². The minimum absolute atomic E-state index is 0.343. The van der Waals surface area contributed by atoms with E-state index in [0.717, 1.165) is 46.8 Å². The van der Waals surface area contributed by atoms with Crippen LogP contribution in [0.5, 0.6) is 23.0 Å². The molecule has 0 N–H and O–H groups in total. The van der Waals surface area contributed by atoms with E-state index in [1.54, 1.807) is 0 Å². The zero-order valence-electron chi connectivity index (χ0n) is 17.6. The van der Waals surface area contributed by atoms with Crippen LogP contribution in [0.15, 0.2) is 94.2 Å². The second-order valence-electron chi connectivity index (χ2n) is 8.81. The van der Waals surface area contributed by atoms with Gasteiger partial charge in [0.1, 0.15) is 31.1 Å². The third-order valence-corrected chi connectivity index (χ3v) is 10.5. The number of allylic oxidation sites excluding steroid dienone is 8. The van der Waals surface area contributed by atoms with Gasteiger partial charge in [-0.05, 0) is 37.1 Å². The Bertz CT molecular complexity index is 1060. The molecule has 7 heteroatoms. The number of benzene rings is 2. The summed E-state index contributed by atoms with van der Waals surface area (Å²) in [5, 5.41) is 3.01. The van der Waals surface area contributed by atoms with Gasteiger partial charge >= 0.3 is 14.2 Å². The first-order valence-electron chi connectivity index (χ1n) is 10.7. The zero-order chi connectivity index (χ0) is 21.0. The number of para-hydroxylation sites is 4. The van der Waals surface area contributed by atoms with Crippen LogP contribution in [0.25, 0.3) is 0 Å². The number of rotatable bonds is 4. The summed E-state index contributed by atoms with van der Waals surface area (Å²) in [6.45, 7) is 4.85. The maximum Gasteiger partial charge on any atom is 0.632 e. The van der Waals surface area contributed by atoms with Gasteiger partial charge in [-0.3, -0.25) is 0 Å². The first kappa shape index (κ1) is 18.7. The van der Waals surface area contributed by atoms with Crippen molar-refractivity contribution >= 4 is 22.3 Å². The molecule has 0 unspecified atom stereocenters. The van der Waals surface area contributed by atoms with E-state index in [1.807, 2.05) is 48.5 Å². The maximum absolute atomic E-state index is 6.02. The smallest absolute Gasteiger partial charge is 0.519 e. The molecule has 0 aromatic heterocycles. The van der Waals surface area contributed by atoms with Crippen LogP contribution >= 0.6 is 0 Å². The summed E-state index contributed by atoms with van der Waals surface area (Å²) in [4.78, 5) is 0. The average Bonchev–Trinajstić information content (AvgIpc) is 3.57. The van der Waals surface area contributed by atoms with Crippen LogP contribution in [0.4, 0.5) is 0 Å². The molecular weight excluding hydrogens is 402 g/mol. The molecule has 0 fully saturated rings. The van der Waals surface area contributed by atoms with Crippen molar-refractivity contribution in [1.29, 1.82) is 0 Å². The number of hydrogen-bond acceptors (Lipinski definition) is 4. The first-order chi connectivity index (χ1) is 15.1. The van der Waals surface area contributed by atoms with E-state index in [-0.39, 0.29) is 14.2 Å². The van der Waals surface area contributed by atoms with Crippen molar-refractivity contribution in [3.8, 4) is 23.0 Å². The molecule has 0 radical (unpaired) electrons. The molecule has 2 aliphatic carbocycles. The molecule has 0 saturated heterocycles. The van der Waals surface area contributed by atoms with Crippen LogP contribution < -0.4 is 18.6 Å². The van der Waals surface area contributed by atoms with Crippen molar-refractivity contribution in [3.63, 3.8) is 0 Å². The molecule has 31 heavy (non-hydrogen) atoms. The number of hydrogen-bond donors (Lipinski definition) is 0. The van der Waals surface area contributed by atoms with E-state index < -0.39 is 8.07 Å². The Hall–Kier alpha value is -3.05. The van der Waals surface area contributed by atoms with Crippen molar-refractivity contribution < 1.29 is 18.6 Å². The molecule has 0 atom stereocenters. The van der Waals surface area contributed by atoms with Crippen LogP contribution in [-0.2, 0) is 0 Å². The highest BCUT2D eigenvalue weighted by Gasteiger charge is 2.42. The monoisotopic (exact) mass is 424 g/mol. The Morgan fingerprint density at radius 3 is 1.32 bits per heavy atom. The lowest BCUT2D eigenvalue weighted by molar-refractivity contribution is 0.513. The van der Waals surface area contributed by atoms with Crippen molar-refractivity contribution in [2.75, 3.05) is 0 Å². The van der Waals surface area contributed by atoms with E-state index in [0.29, 0.717) is 0 Å². The van der Waals surface area contributed by atoms with Crippen LogP contribution in [0, 0.1) is 0 Å². The maximum atomic E-state index is 6.02. The lowest BCUT2D eigenvalue weighted by atomic mass is 9.79. The molecule has 2 aromatic rings. The van der Waals surface area contributed by atoms with Crippen LogP contribution in [0.1, 0.15) is 12.8 Å². The summed E-state index contributed by atoms with van der Waals surface area (Å²) in [5.74, 6) is 3.27. The highest BCUT2D eigenvalue weighted by molar-refractivity contribution is 6.91. The molecule has 4 nitrogen and oxygen atoms in total. The summed E-state index contributed by atoms with van der Waals surface area (Å²) in [7, 11) is -2.47. The predicted molar refractivity (Wildman–Crippen MR) is 126 cm³/mol. The Morgan fingerprint density at radius 1 is 0.613 bits per heavy atom. The summed E-state index contributed by atoms with van der Waals surface area (Å²) < 4.78 is 24.1. The van der Waals surface area contributed by atoms with Gasteiger partial charge in [-0.25, -0.2) is 0 Å². The highest BCUT2D eigenvalue weighted by atomic mass is 28.3. The zero-order valence-corrected chi connectivity index (χ0v) is 18.6. The molecule has 2 aliphatic heterocycles. The van der Waals surface area contributed by atoms with Gasteiger partial charge in [0, 0.05) is 10.9 Å². The molecule has 0 bridgehead atoms. The van der Waals surface area contributed by atoms with E-state index in [2.05, 4.69) is 37.4 Å². The van der Waals surface area contributed by atoms with Gasteiger partial charge in [0.25, 0.3) is 0 Å². The molecule has 0 spiro atoms. The quantitative estimate of drug-likeness (QED) is 0.626. The SMILES string of the molecule is C[Si](C)(C1=CC(B2Oc3ccccc3O2)=CC1)C1=CC(B2Oc3ccccc3O2)=CC1. The molecule has 2 heterocycles. The van der Waals surface area contributed by atoms with Gasteiger partial charge in [-0.2, -0.15) is 0 Å². The third kappa shape index (κ3) is 3.15. The van der Waals surface area contributed by atoms with Gasteiger partial charge in [-0.15, -0.1) is 0 Å². The molecule has 152 valence electrons. The van der Waals surface area contributed by atoms with E-state index in [9.17, 15) is 0 Å². The molecular formula is C24H22B2O4Si. The second kappa shape index (κ2) is 6.99. The summed E-state index contributed by atoms with van der Waals surface area (Å²) in [6, 6.07) is 15.7. The normalized spacial score (nSPS) is 18.8. The Labute approximate surface area is 184 Å². The van der Waals surface area contributed by atoms with Crippen molar-refractivity contribution in [1.82, 2.24) is 0 Å². The first-order valence-corrected chi connectivity index (χ1v) is 13.7. The van der Waals surface area contributed by atoms with Crippen LogP contribution in [-0.4, -0.2) is 22.3 Å². The summed E-state index contributed by atoms with van der Waals surface area (Å²) in [6.07, 6.45) is 11.0. The Kier molecular flexibility index (Phi) is 4.21. The fraction of sp³-hybridized carbons (Fsp3) is 0.167. The van der Waals surface area contributed by atoms with E-state index >= 15 is 0 Å². The topological polar surface area (TPSA) is 36.9 Å². The summed E-state index contributed by atoms with van der Waals surface area (Å²) >= 11 is 0. The largest absolute Gasteiger partial charge is 0.632 e. The second-order valence-corrected chi connectivity index (χ2v) is 13.3. The van der Waals surface area contributed by atoms with E-state index in [4.69, 9.17) is 18.6 Å². The summed E-state index contributed by atoms with van der Waals surface area (Å²) in [5.41, 5.74) is 2.24. The van der Waals surface area contributed by atoms with Gasteiger partial charge < -0.3 is 18.6 Å². The molecule has 4 aliphatic rings. The van der Waals surface area contributed by atoms with Crippen molar-refractivity contribution in [2.45, 2.75) is 25.9 Å². The van der Waals surface area contributed by atoms with Gasteiger partial charge in [0.2, 0.25) is 0 Å². The minimum atomic E-state index is -1.79. The fourth-order valence-electron chi connectivity index (χ4n) is 4.57. The molecule has 0 saturated carbocycles. The lowest BCUT2D eigenvalue weighted by Gasteiger charge is -2.26. The average molecular weight is 424 g/mol. The standard InChI is InChI=1S/C24H22B2O4Si/c1-31(2,19-13-11-17(15-19)25-27-21-7-3-4-8-22(21)28-25)20-14-12-18(16-20)26-29-23-9-5-6-10-24(23)30-26/h3-12,15-16H,13-14H2,1-2H3. The third-order valence-electron chi connectivity index (χ3n) is 6.58. The highest BCUT2D eigenvalue weighted by Crippen LogP contribution is 2.41. The Morgan fingerprint density at radius 2 is 0.968 bits per heavy atom. The van der Waals surface area contributed by atoms with Crippen LogP contribution in [0.3, 0.4) is 0 Å². The number of fused-ring (bicyclic) bond motifs is 2. The van der Waals surface area contributed by atoms with E-state index in [1.165, 1.54) is 10.4 Å². The van der Waals surface area contributed by atoms with Crippen molar-refractivity contribution in [2.24, 2.45) is 0 Å². The van der Waals surface area contributed by atoms with Gasteiger partial charge in [-0.1, -0.05) is 72.1 Å². The van der Waals surface area contributed by atoms with Gasteiger partial charge in [0.15, 0.2) is 0 Å². The predicted octanol–water partition coefficient (Wildman–Crippen LogP) is 5.28. The van der Waals surface area contributed by atoms with Gasteiger partial charge in [0.05, 0.1) is 0 Å². The fourth-order valence-corrected chi connectivity index (χ4v) is 7.26. The molecule has 0 amide bonds. The van der Waals surface area contributed by atoms with Crippen LogP contribution in [0.2, 0.25) is 13.1 Å². The Balaban J connectivity index is 1.17.